The maximum Gasteiger partial charge on any atom is 0.237 e. The van der Waals surface area contributed by atoms with Crippen LogP contribution in [0.15, 0.2) is 41.8 Å². The van der Waals surface area contributed by atoms with Crippen LogP contribution in [0.1, 0.15) is 18.2 Å². The van der Waals surface area contributed by atoms with Crippen LogP contribution >= 0.6 is 11.3 Å². The van der Waals surface area contributed by atoms with Gasteiger partial charge in [0.05, 0.1) is 36.9 Å². The molecule has 1 aromatic carbocycles. The molecule has 2 fully saturated rings. The SMILES string of the molecule is CCOc1ccccc1N1CCN(CC(=O)N(Cc2cccs2)[C@H]2CCS(=O)(=O)C2)CC1. The van der Waals surface area contributed by atoms with E-state index in [-0.39, 0.29) is 23.5 Å². The summed E-state index contributed by atoms with van der Waals surface area (Å²) in [5.74, 6) is 1.16. The maximum absolute atomic E-state index is 13.3. The largest absolute Gasteiger partial charge is 0.492 e. The first-order valence-corrected chi connectivity index (χ1v) is 13.9. The number of rotatable bonds is 8. The number of piperazine rings is 1. The van der Waals surface area contributed by atoms with Gasteiger partial charge in [-0.05, 0) is 36.9 Å². The number of amides is 1. The highest BCUT2D eigenvalue weighted by Crippen LogP contribution is 2.29. The van der Waals surface area contributed by atoms with Crippen molar-refractivity contribution in [1.82, 2.24) is 9.80 Å². The fraction of sp³-hybridized carbons (Fsp3) is 0.522. The van der Waals surface area contributed by atoms with Gasteiger partial charge in [0.15, 0.2) is 9.84 Å². The van der Waals surface area contributed by atoms with Crippen molar-refractivity contribution in [2.45, 2.75) is 25.9 Å². The van der Waals surface area contributed by atoms with Gasteiger partial charge in [-0.15, -0.1) is 11.3 Å². The molecule has 0 aliphatic carbocycles. The van der Waals surface area contributed by atoms with E-state index in [1.54, 1.807) is 16.2 Å². The fourth-order valence-corrected chi connectivity index (χ4v) is 6.87. The van der Waals surface area contributed by atoms with Gasteiger partial charge in [0.1, 0.15) is 5.75 Å². The molecule has 9 heteroatoms. The molecule has 0 unspecified atom stereocenters. The Bertz CT molecular complexity index is 1000. The van der Waals surface area contributed by atoms with Gasteiger partial charge >= 0.3 is 0 Å². The van der Waals surface area contributed by atoms with E-state index in [0.717, 1.165) is 42.5 Å². The molecule has 2 aliphatic heterocycles. The van der Waals surface area contributed by atoms with Crippen molar-refractivity contribution >= 4 is 32.8 Å². The Morgan fingerprint density at radius 1 is 1.16 bits per heavy atom. The number of hydrogen-bond donors (Lipinski definition) is 0. The van der Waals surface area contributed by atoms with Crippen LogP contribution in [-0.2, 0) is 21.2 Å². The molecule has 1 atom stereocenters. The number of anilines is 1. The van der Waals surface area contributed by atoms with E-state index in [2.05, 4.69) is 15.9 Å². The maximum atomic E-state index is 13.3. The Balaban J connectivity index is 1.38. The number of ether oxygens (including phenoxy) is 1. The number of carbonyl (C=O) groups excluding carboxylic acids is 1. The zero-order valence-corrected chi connectivity index (χ0v) is 20.1. The summed E-state index contributed by atoms with van der Waals surface area (Å²) in [7, 11) is -3.06. The first-order chi connectivity index (χ1) is 15.4. The van der Waals surface area contributed by atoms with Crippen molar-refractivity contribution in [3.05, 3.63) is 46.7 Å². The number of hydrogen-bond acceptors (Lipinski definition) is 7. The molecule has 0 saturated carbocycles. The molecule has 2 aromatic rings. The minimum Gasteiger partial charge on any atom is -0.492 e. The molecule has 0 spiro atoms. The first-order valence-electron chi connectivity index (χ1n) is 11.2. The van der Waals surface area contributed by atoms with Crippen LogP contribution in [0, 0.1) is 0 Å². The van der Waals surface area contributed by atoms with Crippen molar-refractivity contribution < 1.29 is 17.9 Å². The molecule has 0 N–H and O–H groups in total. The molecule has 2 saturated heterocycles. The number of carbonyl (C=O) groups is 1. The molecular formula is C23H31N3O4S2. The third kappa shape index (κ3) is 5.63. The smallest absolute Gasteiger partial charge is 0.237 e. The third-order valence-electron chi connectivity index (χ3n) is 6.11. The average molecular weight is 478 g/mol. The summed E-state index contributed by atoms with van der Waals surface area (Å²) in [5.41, 5.74) is 1.09. The molecule has 0 radical (unpaired) electrons. The van der Waals surface area contributed by atoms with Gasteiger partial charge < -0.3 is 14.5 Å². The van der Waals surface area contributed by atoms with E-state index >= 15 is 0 Å². The average Bonchev–Trinajstić information content (AvgIpc) is 3.42. The molecule has 1 aromatic heterocycles. The molecule has 174 valence electrons. The minimum atomic E-state index is -3.06. The number of nitrogens with zero attached hydrogens (tertiary/aromatic N) is 3. The summed E-state index contributed by atoms with van der Waals surface area (Å²) in [6.45, 7) is 6.62. The highest BCUT2D eigenvalue weighted by Gasteiger charge is 2.35. The number of thiophene rings is 1. The molecule has 1 amide bonds. The van der Waals surface area contributed by atoms with Crippen LogP contribution < -0.4 is 9.64 Å². The van der Waals surface area contributed by atoms with Crippen LogP contribution in [0.2, 0.25) is 0 Å². The minimum absolute atomic E-state index is 0.0173. The van der Waals surface area contributed by atoms with E-state index in [1.807, 2.05) is 42.6 Å². The van der Waals surface area contributed by atoms with Gasteiger partial charge in [-0.3, -0.25) is 9.69 Å². The number of sulfone groups is 1. The first kappa shape index (κ1) is 23.1. The molecule has 3 heterocycles. The highest BCUT2D eigenvalue weighted by atomic mass is 32.2. The van der Waals surface area contributed by atoms with Crippen LogP contribution in [-0.4, -0.2) is 81.0 Å². The van der Waals surface area contributed by atoms with Gasteiger partial charge in [-0.25, -0.2) is 8.42 Å². The number of para-hydroxylation sites is 2. The highest BCUT2D eigenvalue weighted by molar-refractivity contribution is 7.91. The van der Waals surface area contributed by atoms with Crippen LogP contribution in [0.5, 0.6) is 5.75 Å². The molecule has 0 bridgehead atoms. The van der Waals surface area contributed by atoms with E-state index in [0.29, 0.717) is 26.1 Å². The second kappa shape index (κ2) is 10.2. The van der Waals surface area contributed by atoms with Crippen molar-refractivity contribution in [1.29, 1.82) is 0 Å². The lowest BCUT2D eigenvalue weighted by Crippen LogP contribution is -2.51. The fourth-order valence-electron chi connectivity index (χ4n) is 4.44. The van der Waals surface area contributed by atoms with Gasteiger partial charge in [0.25, 0.3) is 0 Å². The van der Waals surface area contributed by atoms with Crippen molar-refractivity contribution in [2.24, 2.45) is 0 Å². The zero-order chi connectivity index (χ0) is 22.6. The quantitative estimate of drug-likeness (QED) is 0.582. The molecular weight excluding hydrogens is 446 g/mol. The van der Waals surface area contributed by atoms with Gasteiger partial charge in [-0.1, -0.05) is 18.2 Å². The lowest BCUT2D eigenvalue weighted by atomic mass is 10.2. The van der Waals surface area contributed by atoms with E-state index in [9.17, 15) is 13.2 Å². The lowest BCUT2D eigenvalue weighted by Gasteiger charge is -2.37. The Hall–Kier alpha value is -2.10. The number of benzene rings is 1. The van der Waals surface area contributed by atoms with Gasteiger partial charge in [0, 0.05) is 37.1 Å². The molecule has 2 aliphatic rings. The summed E-state index contributed by atoms with van der Waals surface area (Å²) in [5, 5.41) is 1.99. The second-order valence-corrected chi connectivity index (χ2v) is 11.6. The zero-order valence-electron chi connectivity index (χ0n) is 18.5. The third-order valence-corrected chi connectivity index (χ3v) is 8.72. The lowest BCUT2D eigenvalue weighted by molar-refractivity contribution is -0.135. The topological polar surface area (TPSA) is 70.2 Å². The molecule has 7 nitrogen and oxygen atoms in total. The van der Waals surface area contributed by atoms with E-state index in [1.165, 1.54) is 0 Å². The van der Waals surface area contributed by atoms with Crippen LogP contribution in [0.4, 0.5) is 5.69 Å². The Morgan fingerprint density at radius 3 is 2.59 bits per heavy atom. The Morgan fingerprint density at radius 2 is 1.94 bits per heavy atom. The monoisotopic (exact) mass is 477 g/mol. The molecule has 32 heavy (non-hydrogen) atoms. The Kier molecular flexibility index (Phi) is 7.37. The predicted molar refractivity (Wildman–Crippen MR) is 128 cm³/mol. The standard InChI is InChI=1S/C23H31N3O4S2/c1-2-30-22-8-4-3-7-21(22)25-12-10-24(11-13-25)17-23(27)26(16-20-6-5-14-31-20)19-9-15-32(28,29)18-19/h3-8,14,19H,2,9-13,15-18H2,1H3/t19-/m0/s1. The van der Waals surface area contributed by atoms with Crippen molar-refractivity contribution in [3.63, 3.8) is 0 Å². The normalized spacial score (nSPS) is 20.9. The van der Waals surface area contributed by atoms with Gasteiger partial charge in [-0.2, -0.15) is 0 Å². The van der Waals surface area contributed by atoms with Gasteiger partial charge in [0.2, 0.25) is 5.91 Å². The summed E-state index contributed by atoms with van der Waals surface area (Å²) in [6, 6.07) is 11.8. The summed E-state index contributed by atoms with van der Waals surface area (Å²) in [4.78, 5) is 20.6. The summed E-state index contributed by atoms with van der Waals surface area (Å²) in [6.07, 6.45) is 0.529. The van der Waals surface area contributed by atoms with Crippen LogP contribution in [0.25, 0.3) is 0 Å². The van der Waals surface area contributed by atoms with Crippen molar-refractivity contribution in [3.8, 4) is 5.75 Å². The van der Waals surface area contributed by atoms with Crippen molar-refractivity contribution in [2.75, 3.05) is 55.7 Å². The molecule has 4 rings (SSSR count). The van der Waals surface area contributed by atoms with E-state index < -0.39 is 9.84 Å². The van der Waals surface area contributed by atoms with E-state index in [4.69, 9.17) is 4.74 Å². The summed E-state index contributed by atoms with van der Waals surface area (Å²) >= 11 is 1.60. The predicted octanol–water partition coefficient (Wildman–Crippen LogP) is 2.48. The Labute approximate surface area is 194 Å². The summed E-state index contributed by atoms with van der Waals surface area (Å²) < 4.78 is 29.9. The second-order valence-electron chi connectivity index (χ2n) is 8.32. The van der Waals surface area contributed by atoms with Crippen LogP contribution in [0.3, 0.4) is 0 Å².